The van der Waals surface area contributed by atoms with Gasteiger partial charge in [0.15, 0.2) is 5.82 Å². The number of rotatable bonds is 5. The predicted octanol–water partition coefficient (Wildman–Crippen LogP) is 4.69. The van der Waals surface area contributed by atoms with Crippen LogP contribution in [0.15, 0.2) is 72.8 Å². The molecule has 29 heavy (non-hydrogen) atoms. The molecular formula is C21H15FN6S. The first kappa shape index (κ1) is 17.4. The topological polar surface area (TPSA) is 68.5 Å². The lowest BCUT2D eigenvalue weighted by molar-refractivity contribution is 0.628. The largest absolute Gasteiger partial charge is 0.365 e. The van der Waals surface area contributed by atoms with E-state index in [1.807, 2.05) is 36.0 Å². The van der Waals surface area contributed by atoms with E-state index in [0.717, 1.165) is 38.5 Å². The van der Waals surface area contributed by atoms with Crippen LogP contribution in [0.3, 0.4) is 0 Å². The van der Waals surface area contributed by atoms with Gasteiger partial charge in [-0.2, -0.15) is 5.10 Å². The molecule has 0 bridgehead atoms. The number of hydrogen-bond donors (Lipinski definition) is 1. The molecule has 8 heteroatoms. The van der Waals surface area contributed by atoms with Gasteiger partial charge in [0.2, 0.25) is 0 Å². The molecule has 0 saturated carbocycles. The zero-order chi connectivity index (χ0) is 19.6. The molecule has 0 fully saturated rings. The Morgan fingerprint density at radius 2 is 1.93 bits per heavy atom. The molecule has 1 N–H and O–H groups in total. The van der Waals surface area contributed by atoms with Crippen LogP contribution in [0.1, 0.15) is 5.56 Å². The molecule has 0 spiro atoms. The molecule has 6 nitrogen and oxygen atoms in total. The first-order valence-corrected chi connectivity index (χ1v) is 9.83. The Morgan fingerprint density at radius 3 is 2.69 bits per heavy atom. The highest BCUT2D eigenvalue weighted by atomic mass is 32.1. The second-order valence-corrected chi connectivity index (χ2v) is 7.25. The summed E-state index contributed by atoms with van der Waals surface area (Å²) < 4.78 is 15.0. The molecule has 5 rings (SSSR count). The van der Waals surface area contributed by atoms with Crippen molar-refractivity contribution in [1.82, 2.24) is 24.7 Å². The van der Waals surface area contributed by atoms with Gasteiger partial charge in [-0.25, -0.2) is 24.0 Å². The lowest BCUT2D eigenvalue weighted by Gasteiger charge is -2.09. The standard InChI is InChI=1S/C21H15FN6S/c22-16-5-3-15(4-6-16)17-12-29-21-19(17)20(25-13-26-21)24-11-14-2-7-18(23-10-14)28-9-1-8-27-28/h1-10,12-13H,11H2,(H,24,25,26). The minimum absolute atomic E-state index is 0.256. The molecule has 0 unspecified atom stereocenters. The number of halogens is 1. The van der Waals surface area contributed by atoms with Gasteiger partial charge in [-0.1, -0.05) is 18.2 Å². The number of pyridine rings is 1. The summed E-state index contributed by atoms with van der Waals surface area (Å²) in [6, 6.07) is 12.2. The van der Waals surface area contributed by atoms with Gasteiger partial charge >= 0.3 is 0 Å². The lowest BCUT2D eigenvalue weighted by atomic mass is 10.1. The van der Waals surface area contributed by atoms with E-state index in [9.17, 15) is 4.39 Å². The van der Waals surface area contributed by atoms with E-state index in [0.29, 0.717) is 6.54 Å². The van der Waals surface area contributed by atoms with Crippen molar-refractivity contribution in [2.24, 2.45) is 0 Å². The van der Waals surface area contributed by atoms with Crippen molar-refractivity contribution in [2.75, 3.05) is 5.32 Å². The number of hydrogen-bond acceptors (Lipinski definition) is 6. The van der Waals surface area contributed by atoms with E-state index >= 15 is 0 Å². The van der Waals surface area contributed by atoms with Crippen molar-refractivity contribution < 1.29 is 4.39 Å². The Kier molecular flexibility index (Phi) is 4.45. The Bertz CT molecular complexity index is 1250. The average molecular weight is 402 g/mol. The highest BCUT2D eigenvalue weighted by molar-refractivity contribution is 7.17. The van der Waals surface area contributed by atoms with Crippen LogP contribution in [0.25, 0.3) is 27.2 Å². The van der Waals surface area contributed by atoms with Crippen LogP contribution in [0.2, 0.25) is 0 Å². The third-order valence-electron chi connectivity index (χ3n) is 4.53. The first-order chi connectivity index (χ1) is 14.3. The van der Waals surface area contributed by atoms with Crippen molar-refractivity contribution in [2.45, 2.75) is 6.54 Å². The number of benzene rings is 1. The Hall–Kier alpha value is -3.65. The van der Waals surface area contributed by atoms with Crippen LogP contribution in [0, 0.1) is 5.82 Å². The molecule has 142 valence electrons. The van der Waals surface area contributed by atoms with E-state index in [2.05, 4.69) is 25.4 Å². The van der Waals surface area contributed by atoms with Crippen LogP contribution in [0.5, 0.6) is 0 Å². The molecular weight excluding hydrogens is 387 g/mol. The maximum Gasteiger partial charge on any atom is 0.153 e. The van der Waals surface area contributed by atoms with E-state index in [4.69, 9.17) is 0 Å². The molecule has 0 amide bonds. The van der Waals surface area contributed by atoms with Gasteiger partial charge in [0.25, 0.3) is 0 Å². The second-order valence-electron chi connectivity index (χ2n) is 6.39. The molecule has 0 aliphatic carbocycles. The molecule has 0 radical (unpaired) electrons. The Morgan fingerprint density at radius 1 is 1.03 bits per heavy atom. The Balaban J connectivity index is 1.42. The van der Waals surface area contributed by atoms with Crippen molar-refractivity contribution in [3.8, 4) is 16.9 Å². The summed E-state index contributed by atoms with van der Waals surface area (Å²) in [5.41, 5.74) is 2.94. The molecule has 4 heterocycles. The fraction of sp³-hybridized carbons (Fsp3) is 0.0476. The van der Waals surface area contributed by atoms with Crippen LogP contribution >= 0.6 is 11.3 Å². The third-order valence-corrected chi connectivity index (χ3v) is 5.42. The monoisotopic (exact) mass is 402 g/mol. The quantitative estimate of drug-likeness (QED) is 0.462. The predicted molar refractivity (Wildman–Crippen MR) is 111 cm³/mol. The van der Waals surface area contributed by atoms with Crippen LogP contribution in [-0.4, -0.2) is 24.7 Å². The van der Waals surface area contributed by atoms with Crippen molar-refractivity contribution >= 4 is 27.4 Å². The summed E-state index contributed by atoms with van der Waals surface area (Å²) in [6.45, 7) is 0.567. The smallest absolute Gasteiger partial charge is 0.153 e. The Labute approximate surface area is 169 Å². The van der Waals surface area contributed by atoms with E-state index in [1.165, 1.54) is 12.1 Å². The van der Waals surface area contributed by atoms with Gasteiger partial charge in [0.1, 0.15) is 22.8 Å². The van der Waals surface area contributed by atoms with Gasteiger partial charge < -0.3 is 5.32 Å². The van der Waals surface area contributed by atoms with Gasteiger partial charge in [-0.15, -0.1) is 11.3 Å². The molecule has 0 atom stereocenters. The molecule has 5 aromatic rings. The average Bonchev–Trinajstić information content (AvgIpc) is 3.44. The highest BCUT2D eigenvalue weighted by Gasteiger charge is 2.13. The number of fused-ring (bicyclic) bond motifs is 1. The zero-order valence-corrected chi connectivity index (χ0v) is 16.0. The fourth-order valence-corrected chi connectivity index (χ4v) is 4.01. The summed E-state index contributed by atoms with van der Waals surface area (Å²) in [5, 5.41) is 10.5. The summed E-state index contributed by atoms with van der Waals surface area (Å²) in [7, 11) is 0. The lowest BCUT2D eigenvalue weighted by Crippen LogP contribution is -2.04. The summed E-state index contributed by atoms with van der Waals surface area (Å²) >= 11 is 1.54. The number of nitrogens with zero attached hydrogens (tertiary/aromatic N) is 5. The van der Waals surface area contributed by atoms with E-state index < -0.39 is 0 Å². The third kappa shape index (κ3) is 3.45. The molecule has 0 saturated heterocycles. The normalized spacial score (nSPS) is 11.1. The van der Waals surface area contributed by atoms with E-state index in [1.54, 1.807) is 40.7 Å². The number of anilines is 1. The number of aromatic nitrogens is 5. The van der Waals surface area contributed by atoms with Gasteiger partial charge in [-0.3, -0.25) is 0 Å². The van der Waals surface area contributed by atoms with Gasteiger partial charge in [-0.05, 0) is 35.4 Å². The molecule has 0 aliphatic rings. The van der Waals surface area contributed by atoms with Crippen molar-refractivity contribution in [3.63, 3.8) is 0 Å². The van der Waals surface area contributed by atoms with Crippen molar-refractivity contribution in [1.29, 1.82) is 0 Å². The van der Waals surface area contributed by atoms with Gasteiger partial charge in [0, 0.05) is 36.1 Å². The van der Waals surface area contributed by atoms with Crippen molar-refractivity contribution in [3.05, 3.63) is 84.1 Å². The summed E-state index contributed by atoms with van der Waals surface area (Å²) in [6.07, 6.45) is 6.94. The molecule has 0 aliphatic heterocycles. The van der Waals surface area contributed by atoms with Crippen LogP contribution in [0.4, 0.5) is 10.2 Å². The highest BCUT2D eigenvalue weighted by Crippen LogP contribution is 2.36. The second kappa shape index (κ2) is 7.40. The van der Waals surface area contributed by atoms with Crippen LogP contribution < -0.4 is 5.32 Å². The first-order valence-electron chi connectivity index (χ1n) is 8.95. The fourth-order valence-electron chi connectivity index (χ4n) is 3.10. The number of nitrogens with one attached hydrogen (secondary N) is 1. The minimum atomic E-state index is -0.256. The summed E-state index contributed by atoms with van der Waals surface area (Å²) in [5.74, 6) is 1.25. The van der Waals surface area contributed by atoms with Gasteiger partial charge in [0.05, 0.1) is 5.39 Å². The number of thiophene rings is 1. The van der Waals surface area contributed by atoms with E-state index in [-0.39, 0.29) is 5.82 Å². The SMILES string of the molecule is Fc1ccc(-c2csc3ncnc(NCc4ccc(-n5cccn5)nc4)c23)cc1. The summed E-state index contributed by atoms with van der Waals surface area (Å²) in [4.78, 5) is 14.1. The minimum Gasteiger partial charge on any atom is -0.365 e. The molecule has 1 aromatic carbocycles. The zero-order valence-electron chi connectivity index (χ0n) is 15.2. The maximum absolute atomic E-state index is 13.3. The molecule has 4 aromatic heterocycles. The maximum atomic E-state index is 13.3. The van der Waals surface area contributed by atoms with Crippen LogP contribution in [-0.2, 0) is 6.54 Å².